The first-order chi connectivity index (χ1) is 11.2. The monoisotopic (exact) mass is 305 g/mol. The van der Waals surface area contributed by atoms with E-state index in [2.05, 4.69) is 10.3 Å². The number of anilines is 1. The number of hydrogen-bond acceptors (Lipinski definition) is 3. The van der Waals surface area contributed by atoms with E-state index in [-0.39, 0.29) is 17.7 Å². The molecule has 2 heterocycles. The molecule has 0 radical (unpaired) electrons. The second-order valence-electron chi connectivity index (χ2n) is 5.72. The molecule has 4 rings (SSSR count). The van der Waals surface area contributed by atoms with Gasteiger partial charge in [-0.2, -0.15) is 0 Å². The highest BCUT2D eigenvalue weighted by molar-refractivity contribution is 6.13. The summed E-state index contributed by atoms with van der Waals surface area (Å²) < 4.78 is 1.52. The first kappa shape index (κ1) is 13.7. The molecule has 0 atom stereocenters. The zero-order chi connectivity index (χ0) is 15.8. The fourth-order valence-electron chi connectivity index (χ4n) is 2.65. The minimum Gasteiger partial charge on any atom is -0.322 e. The predicted molar refractivity (Wildman–Crippen MR) is 87.5 cm³/mol. The molecule has 1 aliphatic rings. The van der Waals surface area contributed by atoms with Gasteiger partial charge < -0.3 is 5.32 Å². The molecule has 0 saturated heterocycles. The molecular formula is C18H15N3O2. The lowest BCUT2D eigenvalue weighted by Gasteiger charge is -2.03. The number of para-hydroxylation sites is 1. The Balaban J connectivity index is 1.74. The highest BCUT2D eigenvalue weighted by Gasteiger charge is 2.32. The maximum atomic E-state index is 12.6. The van der Waals surface area contributed by atoms with Gasteiger partial charge >= 0.3 is 0 Å². The summed E-state index contributed by atoms with van der Waals surface area (Å²) in [6.45, 7) is 0. The summed E-state index contributed by atoms with van der Waals surface area (Å²) >= 11 is 0. The Kier molecular flexibility index (Phi) is 3.19. The molecule has 0 aliphatic heterocycles. The van der Waals surface area contributed by atoms with Crippen LogP contribution in [0.1, 0.15) is 28.0 Å². The highest BCUT2D eigenvalue weighted by atomic mass is 16.2. The second kappa shape index (κ2) is 5.35. The van der Waals surface area contributed by atoms with E-state index in [1.165, 1.54) is 4.57 Å². The van der Waals surface area contributed by atoms with Crippen LogP contribution in [0.25, 0.3) is 11.0 Å². The van der Waals surface area contributed by atoms with Gasteiger partial charge in [0, 0.05) is 29.4 Å². The number of rotatable bonds is 3. The van der Waals surface area contributed by atoms with E-state index in [9.17, 15) is 9.59 Å². The molecule has 2 aromatic heterocycles. The molecule has 1 fully saturated rings. The van der Waals surface area contributed by atoms with Crippen LogP contribution < -0.4 is 5.32 Å². The lowest BCUT2D eigenvalue weighted by atomic mass is 10.2. The number of carbonyl (C=O) groups excluding carboxylic acids is 2. The Labute approximate surface area is 133 Å². The molecule has 5 heteroatoms. The number of benzene rings is 1. The SMILES string of the molecule is O=C(Nc1ccccc1)c1cn(C(=O)C2CC2)c2ncccc12. The number of aromatic nitrogens is 2. The summed E-state index contributed by atoms with van der Waals surface area (Å²) in [6, 6.07) is 12.8. The Bertz CT molecular complexity index is 895. The predicted octanol–water partition coefficient (Wildman–Crippen LogP) is 3.34. The molecule has 1 aliphatic carbocycles. The molecule has 23 heavy (non-hydrogen) atoms. The van der Waals surface area contributed by atoms with Crippen molar-refractivity contribution in [3.63, 3.8) is 0 Å². The second-order valence-corrected chi connectivity index (χ2v) is 5.72. The van der Waals surface area contributed by atoms with Crippen LogP contribution in [0.3, 0.4) is 0 Å². The van der Waals surface area contributed by atoms with Gasteiger partial charge in [-0.25, -0.2) is 4.98 Å². The third-order valence-corrected chi connectivity index (χ3v) is 4.00. The zero-order valence-corrected chi connectivity index (χ0v) is 12.4. The minimum atomic E-state index is -0.239. The molecule has 3 aromatic rings. The van der Waals surface area contributed by atoms with Crippen LogP contribution >= 0.6 is 0 Å². The number of carbonyl (C=O) groups is 2. The summed E-state index contributed by atoms with van der Waals surface area (Å²) in [5.74, 6) is -0.151. The summed E-state index contributed by atoms with van der Waals surface area (Å²) in [4.78, 5) is 29.3. The van der Waals surface area contributed by atoms with E-state index in [0.717, 1.165) is 18.5 Å². The van der Waals surface area contributed by atoms with Crippen molar-refractivity contribution in [3.8, 4) is 0 Å². The van der Waals surface area contributed by atoms with Gasteiger partial charge in [0.25, 0.3) is 5.91 Å². The van der Waals surface area contributed by atoms with Crippen molar-refractivity contribution < 1.29 is 9.59 Å². The lowest BCUT2D eigenvalue weighted by molar-refractivity contribution is 0.0891. The molecule has 1 N–H and O–H groups in total. The van der Waals surface area contributed by atoms with Gasteiger partial charge in [-0.15, -0.1) is 0 Å². The molecule has 0 spiro atoms. The van der Waals surface area contributed by atoms with Crippen molar-refractivity contribution in [2.75, 3.05) is 5.32 Å². The lowest BCUT2D eigenvalue weighted by Crippen LogP contribution is -2.13. The van der Waals surface area contributed by atoms with Crippen LogP contribution in [-0.4, -0.2) is 21.4 Å². The van der Waals surface area contributed by atoms with Crippen molar-refractivity contribution in [1.82, 2.24) is 9.55 Å². The molecule has 114 valence electrons. The Hall–Kier alpha value is -2.95. The van der Waals surface area contributed by atoms with Gasteiger partial charge in [0.2, 0.25) is 5.91 Å². The van der Waals surface area contributed by atoms with E-state index in [0.29, 0.717) is 16.6 Å². The molecule has 5 nitrogen and oxygen atoms in total. The number of fused-ring (bicyclic) bond motifs is 1. The fraction of sp³-hybridized carbons (Fsp3) is 0.167. The highest BCUT2D eigenvalue weighted by Crippen LogP contribution is 2.32. The van der Waals surface area contributed by atoms with Gasteiger partial charge in [-0.05, 0) is 37.1 Å². The normalized spacial score (nSPS) is 13.9. The summed E-state index contributed by atoms with van der Waals surface area (Å²) in [7, 11) is 0. The standard InChI is InChI=1S/C18H15N3O2/c22-17(20-13-5-2-1-3-6-13)15-11-21(18(23)12-8-9-12)16-14(15)7-4-10-19-16/h1-7,10-12H,8-9H2,(H,20,22). The molecule has 0 unspecified atom stereocenters. The van der Waals surface area contributed by atoms with E-state index in [1.807, 2.05) is 36.4 Å². The van der Waals surface area contributed by atoms with Crippen LogP contribution in [0.4, 0.5) is 5.69 Å². The van der Waals surface area contributed by atoms with Crippen molar-refractivity contribution in [2.45, 2.75) is 12.8 Å². The molecule has 1 saturated carbocycles. The number of hydrogen-bond donors (Lipinski definition) is 1. The summed E-state index contributed by atoms with van der Waals surface area (Å²) in [5, 5.41) is 3.55. The maximum absolute atomic E-state index is 12.6. The third-order valence-electron chi connectivity index (χ3n) is 4.00. The molecule has 1 aromatic carbocycles. The van der Waals surface area contributed by atoms with E-state index in [4.69, 9.17) is 0 Å². The van der Waals surface area contributed by atoms with Gasteiger partial charge in [0.15, 0.2) is 0 Å². The third kappa shape index (κ3) is 2.50. The van der Waals surface area contributed by atoms with Gasteiger partial charge in [0.1, 0.15) is 5.65 Å². The van der Waals surface area contributed by atoms with Crippen molar-refractivity contribution in [2.24, 2.45) is 5.92 Å². The van der Waals surface area contributed by atoms with Crippen molar-refractivity contribution >= 4 is 28.5 Å². The Morgan fingerprint density at radius 3 is 2.61 bits per heavy atom. The number of nitrogens with one attached hydrogen (secondary N) is 1. The largest absolute Gasteiger partial charge is 0.322 e. The van der Waals surface area contributed by atoms with Gasteiger partial charge in [0.05, 0.1) is 5.56 Å². The van der Waals surface area contributed by atoms with Gasteiger partial charge in [-0.3, -0.25) is 14.2 Å². The smallest absolute Gasteiger partial charge is 0.257 e. The van der Waals surface area contributed by atoms with E-state index >= 15 is 0 Å². The zero-order valence-electron chi connectivity index (χ0n) is 12.4. The van der Waals surface area contributed by atoms with Crippen LogP contribution in [0.5, 0.6) is 0 Å². The minimum absolute atomic E-state index is 0.0208. The van der Waals surface area contributed by atoms with Crippen LogP contribution in [0.2, 0.25) is 0 Å². The van der Waals surface area contributed by atoms with Crippen molar-refractivity contribution in [1.29, 1.82) is 0 Å². The molecular weight excluding hydrogens is 290 g/mol. The van der Waals surface area contributed by atoms with Gasteiger partial charge in [-0.1, -0.05) is 18.2 Å². The van der Waals surface area contributed by atoms with Crippen LogP contribution in [0, 0.1) is 5.92 Å². The number of pyridine rings is 1. The van der Waals surface area contributed by atoms with Crippen molar-refractivity contribution in [3.05, 3.63) is 60.4 Å². The Morgan fingerprint density at radius 1 is 1.09 bits per heavy atom. The number of amides is 1. The Morgan fingerprint density at radius 2 is 1.87 bits per heavy atom. The summed E-state index contributed by atoms with van der Waals surface area (Å²) in [5.41, 5.74) is 1.73. The summed E-state index contributed by atoms with van der Waals surface area (Å²) in [6.07, 6.45) is 5.07. The van der Waals surface area contributed by atoms with E-state index < -0.39 is 0 Å². The quantitative estimate of drug-likeness (QED) is 0.807. The topological polar surface area (TPSA) is 64.0 Å². The number of nitrogens with zero attached hydrogens (tertiary/aromatic N) is 2. The van der Waals surface area contributed by atoms with E-state index in [1.54, 1.807) is 18.5 Å². The first-order valence-electron chi connectivity index (χ1n) is 7.61. The average Bonchev–Trinajstić information content (AvgIpc) is 3.35. The van der Waals surface area contributed by atoms with Crippen LogP contribution in [0.15, 0.2) is 54.9 Å². The van der Waals surface area contributed by atoms with Crippen LogP contribution in [-0.2, 0) is 0 Å². The fourth-order valence-corrected chi connectivity index (χ4v) is 2.65. The average molecular weight is 305 g/mol. The maximum Gasteiger partial charge on any atom is 0.257 e. The molecule has 1 amide bonds. The molecule has 0 bridgehead atoms. The first-order valence-corrected chi connectivity index (χ1v) is 7.61.